The molecule has 0 unspecified atom stereocenters. The third kappa shape index (κ3) is 4.41. The average molecular weight is 372 g/mol. The number of carboxylic acid groups (broad SMARTS) is 1. The molecule has 0 aromatic heterocycles. The summed E-state index contributed by atoms with van der Waals surface area (Å²) in [6.45, 7) is 4.61. The molecular weight excluding hydrogens is 336 g/mol. The van der Waals surface area contributed by atoms with Crippen molar-refractivity contribution in [3.8, 4) is 0 Å². The molecule has 0 atom stereocenters. The number of hydrogen-bond donors (Lipinski definition) is 1. The molecule has 0 bridgehead atoms. The second-order valence-corrected chi connectivity index (χ2v) is 11.9. The van der Waals surface area contributed by atoms with Gasteiger partial charge in [0.05, 0.1) is 14.2 Å². The molecule has 1 N–H and O–H groups in total. The molecule has 3 rings (SSSR count). The Morgan fingerprint density at radius 1 is 1.12 bits per heavy atom. The summed E-state index contributed by atoms with van der Waals surface area (Å²) < 4.78 is 0. The van der Waals surface area contributed by atoms with Crippen LogP contribution in [0.1, 0.15) is 65.2 Å². The van der Waals surface area contributed by atoms with Crippen molar-refractivity contribution in [2.24, 2.45) is 23.2 Å². The molecule has 3 heteroatoms. The van der Waals surface area contributed by atoms with Crippen molar-refractivity contribution in [3.63, 3.8) is 0 Å². The van der Waals surface area contributed by atoms with Gasteiger partial charge in [-0.3, -0.25) is 4.79 Å². The zero-order valence-electron chi connectivity index (χ0n) is 16.5. The van der Waals surface area contributed by atoms with E-state index in [9.17, 15) is 9.90 Å². The Balaban J connectivity index is 1.59. The molecule has 1 aromatic rings. The third-order valence-corrected chi connectivity index (χ3v) is 9.99. The SMILES string of the molecule is CC(C)CCC1CCC(C2(C(=O)O)CC[Si](c3ccccc3)CC2)CC1. The van der Waals surface area contributed by atoms with Crippen molar-refractivity contribution < 1.29 is 9.90 Å². The molecule has 2 fully saturated rings. The van der Waals surface area contributed by atoms with E-state index in [-0.39, 0.29) is 0 Å². The first-order valence-electron chi connectivity index (χ1n) is 10.6. The van der Waals surface area contributed by atoms with Crippen LogP contribution in [-0.2, 0) is 4.79 Å². The topological polar surface area (TPSA) is 37.3 Å². The molecule has 1 saturated carbocycles. The maximum atomic E-state index is 12.3. The van der Waals surface area contributed by atoms with Crippen LogP contribution < -0.4 is 5.19 Å². The highest BCUT2D eigenvalue weighted by Crippen LogP contribution is 2.50. The van der Waals surface area contributed by atoms with Gasteiger partial charge in [0.2, 0.25) is 0 Å². The van der Waals surface area contributed by atoms with E-state index in [4.69, 9.17) is 0 Å². The molecule has 1 aliphatic heterocycles. The van der Waals surface area contributed by atoms with E-state index in [1.807, 2.05) is 0 Å². The minimum Gasteiger partial charge on any atom is -0.481 e. The summed E-state index contributed by atoms with van der Waals surface area (Å²) in [5.41, 5.74) is -0.425. The Morgan fingerprint density at radius 2 is 1.73 bits per heavy atom. The van der Waals surface area contributed by atoms with E-state index < -0.39 is 20.2 Å². The minimum absolute atomic E-state index is 0.412. The molecule has 1 heterocycles. The quantitative estimate of drug-likeness (QED) is 0.671. The highest BCUT2D eigenvalue weighted by molar-refractivity contribution is 6.73. The number of carbonyl (C=O) groups is 1. The molecule has 2 nitrogen and oxygen atoms in total. The van der Waals surface area contributed by atoms with Crippen molar-refractivity contribution in [2.75, 3.05) is 0 Å². The molecule has 1 aliphatic carbocycles. The highest BCUT2D eigenvalue weighted by Gasteiger charge is 2.48. The Morgan fingerprint density at radius 3 is 2.27 bits per heavy atom. The summed E-state index contributed by atoms with van der Waals surface area (Å²) in [6.07, 6.45) is 9.27. The summed E-state index contributed by atoms with van der Waals surface area (Å²) in [5.74, 6) is 1.54. The summed E-state index contributed by atoms with van der Waals surface area (Å²) in [6, 6.07) is 13.1. The number of carboxylic acids is 1. The van der Waals surface area contributed by atoms with Gasteiger partial charge in [0.15, 0.2) is 0 Å². The molecule has 0 amide bonds. The van der Waals surface area contributed by atoms with Crippen LogP contribution in [0, 0.1) is 23.2 Å². The van der Waals surface area contributed by atoms with E-state index in [0.29, 0.717) is 5.92 Å². The van der Waals surface area contributed by atoms with Crippen molar-refractivity contribution in [1.29, 1.82) is 0 Å². The Bertz CT molecular complexity index is 567. The van der Waals surface area contributed by atoms with Crippen LogP contribution >= 0.6 is 0 Å². The number of benzene rings is 1. The molecular formula is C23H35O2Si. The van der Waals surface area contributed by atoms with Gasteiger partial charge in [-0.25, -0.2) is 0 Å². The number of rotatable bonds is 6. The zero-order chi connectivity index (χ0) is 18.6. The highest BCUT2D eigenvalue weighted by atomic mass is 28.3. The first-order valence-corrected chi connectivity index (χ1v) is 12.6. The fourth-order valence-electron chi connectivity index (χ4n) is 5.33. The molecule has 0 spiro atoms. The van der Waals surface area contributed by atoms with Gasteiger partial charge in [-0.15, -0.1) is 0 Å². The average Bonchev–Trinajstić information content (AvgIpc) is 2.67. The summed E-state index contributed by atoms with van der Waals surface area (Å²) >= 11 is 0. The van der Waals surface area contributed by atoms with Gasteiger partial charge < -0.3 is 5.11 Å². The minimum atomic E-state index is -0.558. The van der Waals surface area contributed by atoms with E-state index in [0.717, 1.165) is 49.6 Å². The van der Waals surface area contributed by atoms with Gasteiger partial charge in [-0.2, -0.15) is 0 Å². The molecule has 1 aromatic carbocycles. The largest absolute Gasteiger partial charge is 0.481 e. The predicted molar refractivity (Wildman–Crippen MR) is 110 cm³/mol. The van der Waals surface area contributed by atoms with Crippen molar-refractivity contribution in [1.82, 2.24) is 0 Å². The molecule has 143 valence electrons. The molecule has 1 radical (unpaired) electrons. The van der Waals surface area contributed by atoms with E-state index in [2.05, 4.69) is 44.2 Å². The van der Waals surface area contributed by atoms with Gasteiger partial charge in [0.25, 0.3) is 0 Å². The summed E-state index contributed by atoms with van der Waals surface area (Å²) in [4.78, 5) is 12.3. The van der Waals surface area contributed by atoms with Gasteiger partial charge >= 0.3 is 5.97 Å². The van der Waals surface area contributed by atoms with E-state index >= 15 is 0 Å². The lowest BCUT2D eigenvalue weighted by Gasteiger charge is -2.45. The Kier molecular flexibility index (Phi) is 6.60. The van der Waals surface area contributed by atoms with Gasteiger partial charge in [-0.1, -0.05) is 87.1 Å². The Labute approximate surface area is 161 Å². The van der Waals surface area contributed by atoms with Crippen LogP contribution in [0.3, 0.4) is 0 Å². The second kappa shape index (κ2) is 8.73. The number of hydrogen-bond acceptors (Lipinski definition) is 1. The second-order valence-electron chi connectivity index (χ2n) is 9.12. The van der Waals surface area contributed by atoms with Gasteiger partial charge in [0, 0.05) is 0 Å². The molecule has 2 aliphatic rings. The molecule has 1 saturated heterocycles. The number of aliphatic carboxylic acids is 1. The Hall–Kier alpha value is -1.09. The third-order valence-electron chi connectivity index (χ3n) is 7.13. The smallest absolute Gasteiger partial charge is 0.309 e. The van der Waals surface area contributed by atoms with Crippen LogP contribution in [0.4, 0.5) is 0 Å². The van der Waals surface area contributed by atoms with Crippen LogP contribution in [0.2, 0.25) is 12.1 Å². The van der Waals surface area contributed by atoms with Crippen LogP contribution in [0.25, 0.3) is 0 Å². The lowest BCUT2D eigenvalue weighted by molar-refractivity contribution is -0.155. The summed E-state index contributed by atoms with van der Waals surface area (Å²) in [7, 11) is -0.558. The molecule has 26 heavy (non-hydrogen) atoms. The maximum absolute atomic E-state index is 12.3. The first kappa shape index (κ1) is 19.7. The van der Waals surface area contributed by atoms with E-state index in [1.165, 1.54) is 30.9 Å². The van der Waals surface area contributed by atoms with Crippen molar-refractivity contribution in [2.45, 2.75) is 77.3 Å². The van der Waals surface area contributed by atoms with Crippen LogP contribution in [0.15, 0.2) is 30.3 Å². The van der Waals surface area contributed by atoms with Crippen LogP contribution in [-0.4, -0.2) is 19.9 Å². The maximum Gasteiger partial charge on any atom is 0.309 e. The lowest BCUT2D eigenvalue weighted by Crippen LogP contribution is -2.47. The van der Waals surface area contributed by atoms with Gasteiger partial charge in [0.1, 0.15) is 0 Å². The fourth-order valence-corrected chi connectivity index (χ4v) is 8.32. The van der Waals surface area contributed by atoms with Crippen molar-refractivity contribution in [3.05, 3.63) is 30.3 Å². The monoisotopic (exact) mass is 371 g/mol. The standard InChI is InChI=1S/C23H35O2Si/c1-18(2)8-9-19-10-12-20(13-11-19)23(22(24)25)14-16-26(17-15-23)21-6-4-3-5-7-21/h3-7,18-20H,8-17H2,1-2H3,(H,24,25). The van der Waals surface area contributed by atoms with Gasteiger partial charge in [-0.05, 0) is 43.4 Å². The first-order chi connectivity index (χ1) is 12.5. The zero-order valence-corrected chi connectivity index (χ0v) is 17.5. The lowest BCUT2D eigenvalue weighted by atomic mass is 9.63. The summed E-state index contributed by atoms with van der Waals surface area (Å²) in [5, 5.41) is 11.6. The van der Waals surface area contributed by atoms with Crippen LogP contribution in [0.5, 0.6) is 0 Å². The normalized spacial score (nSPS) is 26.7. The predicted octanol–water partition coefficient (Wildman–Crippen LogP) is 5.50. The fraction of sp³-hybridized carbons (Fsp3) is 0.696. The van der Waals surface area contributed by atoms with Crippen molar-refractivity contribution >= 4 is 20.0 Å². The van der Waals surface area contributed by atoms with E-state index in [1.54, 1.807) is 0 Å².